The van der Waals surface area contributed by atoms with Gasteiger partial charge in [0, 0.05) is 44.1 Å². The molecule has 1 aliphatic rings. The maximum atomic E-state index is 13.3. The molecule has 4 aromatic rings. The minimum atomic E-state index is -0.684. The number of ketones is 1. The molecule has 36 heavy (non-hydrogen) atoms. The molecule has 0 saturated carbocycles. The molecule has 0 spiro atoms. The van der Waals surface area contributed by atoms with Crippen molar-refractivity contribution >= 4 is 28.5 Å². The molecule has 4 heterocycles. The maximum Gasteiger partial charge on any atom is 0.295 e. The van der Waals surface area contributed by atoms with Crippen LogP contribution in [0.1, 0.15) is 26.4 Å². The summed E-state index contributed by atoms with van der Waals surface area (Å²) in [6.07, 6.45) is 4.56. The number of nitrogens with one attached hydrogen (secondary N) is 1. The fourth-order valence-corrected chi connectivity index (χ4v) is 4.31. The van der Waals surface area contributed by atoms with Crippen molar-refractivity contribution in [3.63, 3.8) is 0 Å². The zero-order chi connectivity index (χ0) is 25.2. The van der Waals surface area contributed by atoms with E-state index in [1.165, 1.54) is 29.1 Å². The Kier molecular flexibility index (Phi) is 6.21. The van der Waals surface area contributed by atoms with Crippen LogP contribution in [-0.2, 0) is 11.4 Å². The highest BCUT2D eigenvalue weighted by molar-refractivity contribution is 6.45. The molecule has 0 bridgehead atoms. The van der Waals surface area contributed by atoms with Gasteiger partial charge in [-0.3, -0.25) is 14.4 Å². The lowest BCUT2D eigenvalue weighted by Crippen LogP contribution is -2.52. The smallest absolute Gasteiger partial charge is 0.295 e. The van der Waals surface area contributed by atoms with E-state index in [2.05, 4.69) is 15.1 Å². The third-order valence-corrected chi connectivity index (χ3v) is 6.21. The third kappa shape index (κ3) is 4.09. The summed E-state index contributed by atoms with van der Waals surface area (Å²) in [6, 6.07) is 10.6. The van der Waals surface area contributed by atoms with Crippen LogP contribution in [0.2, 0.25) is 0 Å². The Morgan fingerprint density at radius 1 is 1.06 bits per heavy atom. The number of Topliss-reactive ketones (excluding diaryl/α,β-unsaturated/α-hetero) is 1. The molecule has 11 heteroatoms. The van der Waals surface area contributed by atoms with Gasteiger partial charge < -0.3 is 24.6 Å². The zero-order valence-corrected chi connectivity index (χ0v) is 19.5. The van der Waals surface area contributed by atoms with Crippen LogP contribution in [0.4, 0.5) is 0 Å². The summed E-state index contributed by atoms with van der Waals surface area (Å²) in [5.74, 6) is -0.705. The molecule has 1 saturated heterocycles. The number of aromatic nitrogens is 4. The number of benzene rings is 1. The van der Waals surface area contributed by atoms with Crippen LogP contribution < -0.4 is 4.74 Å². The van der Waals surface area contributed by atoms with Gasteiger partial charge in [0.05, 0.1) is 42.1 Å². The summed E-state index contributed by atoms with van der Waals surface area (Å²) < 4.78 is 6.90. The molecule has 5 rings (SSSR count). The van der Waals surface area contributed by atoms with E-state index in [0.29, 0.717) is 46.8 Å². The lowest BCUT2D eigenvalue weighted by Gasteiger charge is -2.34. The number of aromatic amines is 1. The van der Waals surface area contributed by atoms with Gasteiger partial charge in [-0.05, 0) is 18.2 Å². The first kappa shape index (κ1) is 23.2. The lowest BCUT2D eigenvalue weighted by atomic mass is 10.1. The first-order valence-corrected chi connectivity index (χ1v) is 11.4. The zero-order valence-electron chi connectivity index (χ0n) is 19.5. The molecule has 3 aromatic heterocycles. The summed E-state index contributed by atoms with van der Waals surface area (Å²) in [5, 5.41) is 14.0. The van der Waals surface area contributed by atoms with E-state index in [1.54, 1.807) is 41.4 Å². The fourth-order valence-electron chi connectivity index (χ4n) is 4.31. The van der Waals surface area contributed by atoms with Crippen molar-refractivity contribution in [2.75, 3.05) is 33.3 Å². The molecule has 0 aliphatic carbocycles. The fraction of sp³-hybridized carbons (Fsp3) is 0.240. The Morgan fingerprint density at radius 2 is 1.78 bits per heavy atom. The van der Waals surface area contributed by atoms with Crippen molar-refractivity contribution in [3.05, 3.63) is 71.8 Å². The largest absolute Gasteiger partial charge is 0.494 e. The second-order valence-corrected chi connectivity index (χ2v) is 8.29. The van der Waals surface area contributed by atoms with Gasteiger partial charge in [-0.15, -0.1) is 0 Å². The number of hydrogen-bond acceptors (Lipinski definition) is 7. The van der Waals surface area contributed by atoms with Gasteiger partial charge in [-0.25, -0.2) is 9.67 Å². The van der Waals surface area contributed by atoms with E-state index in [0.717, 1.165) is 0 Å². The summed E-state index contributed by atoms with van der Waals surface area (Å²) >= 11 is 0. The molecule has 2 N–H and O–H groups in total. The highest BCUT2D eigenvalue weighted by Crippen LogP contribution is 2.32. The number of carbonyl (C=O) groups is 3. The second kappa shape index (κ2) is 9.62. The van der Waals surface area contributed by atoms with Crippen LogP contribution >= 0.6 is 0 Å². The van der Waals surface area contributed by atoms with E-state index in [1.807, 2.05) is 6.07 Å². The topological polar surface area (TPSA) is 134 Å². The number of nitrogens with zero attached hydrogens (tertiary/aromatic N) is 5. The van der Waals surface area contributed by atoms with Crippen molar-refractivity contribution in [2.45, 2.75) is 6.61 Å². The number of methoxy groups -OCH3 is 1. The third-order valence-electron chi connectivity index (χ3n) is 6.21. The predicted octanol–water partition coefficient (Wildman–Crippen LogP) is 1.42. The molecule has 0 atom stereocenters. The van der Waals surface area contributed by atoms with Gasteiger partial charge >= 0.3 is 0 Å². The first-order valence-electron chi connectivity index (χ1n) is 11.4. The number of H-pyrrole nitrogens is 1. The van der Waals surface area contributed by atoms with E-state index in [9.17, 15) is 19.5 Å². The average molecular weight is 489 g/mol. The van der Waals surface area contributed by atoms with Crippen LogP contribution in [0.5, 0.6) is 5.75 Å². The van der Waals surface area contributed by atoms with Gasteiger partial charge in [-0.2, -0.15) is 5.10 Å². The van der Waals surface area contributed by atoms with Crippen molar-refractivity contribution in [2.24, 2.45) is 0 Å². The number of aliphatic hydroxyl groups is 1. The molecule has 2 amide bonds. The van der Waals surface area contributed by atoms with Gasteiger partial charge in [0.15, 0.2) is 5.82 Å². The molecular formula is C25H24N6O5. The van der Waals surface area contributed by atoms with E-state index >= 15 is 0 Å². The maximum absolute atomic E-state index is 13.3. The predicted molar refractivity (Wildman–Crippen MR) is 129 cm³/mol. The lowest BCUT2D eigenvalue weighted by molar-refractivity contribution is -0.127. The normalized spacial score (nSPS) is 13.7. The first-order chi connectivity index (χ1) is 17.5. The average Bonchev–Trinajstić information content (AvgIpc) is 3.60. The minimum Gasteiger partial charge on any atom is -0.494 e. The molecule has 184 valence electrons. The van der Waals surface area contributed by atoms with Crippen LogP contribution in [0.15, 0.2) is 55.0 Å². The van der Waals surface area contributed by atoms with Crippen molar-refractivity contribution in [3.8, 4) is 11.6 Å². The number of amides is 2. The van der Waals surface area contributed by atoms with Gasteiger partial charge in [0.1, 0.15) is 5.75 Å². The summed E-state index contributed by atoms with van der Waals surface area (Å²) in [5.41, 5.74) is 1.68. The van der Waals surface area contributed by atoms with E-state index in [4.69, 9.17) is 4.74 Å². The minimum absolute atomic E-state index is 0.0987. The SMILES string of the molecule is COc1cnc(-n2ccc(CO)n2)c2[nH]cc(C(=O)C(=O)N3CCN(C(=O)c4ccccc4)CC3)c12. The van der Waals surface area contributed by atoms with E-state index < -0.39 is 11.7 Å². The molecular weight excluding hydrogens is 464 g/mol. The Morgan fingerprint density at radius 3 is 2.44 bits per heavy atom. The van der Waals surface area contributed by atoms with Crippen LogP contribution in [0.25, 0.3) is 16.7 Å². The highest BCUT2D eigenvalue weighted by atomic mass is 16.5. The number of ether oxygens (including phenoxy) is 1. The molecule has 11 nitrogen and oxygen atoms in total. The number of carbonyl (C=O) groups excluding carboxylic acids is 3. The number of piperazine rings is 1. The Balaban J connectivity index is 1.37. The van der Waals surface area contributed by atoms with E-state index in [-0.39, 0.29) is 31.2 Å². The van der Waals surface area contributed by atoms with Crippen molar-refractivity contribution in [1.29, 1.82) is 0 Å². The molecule has 1 aromatic carbocycles. The summed E-state index contributed by atoms with van der Waals surface area (Å²) in [4.78, 5) is 49.7. The Bertz CT molecular complexity index is 1440. The molecule has 0 radical (unpaired) electrons. The quantitative estimate of drug-likeness (QED) is 0.310. The molecule has 1 aliphatic heterocycles. The van der Waals surface area contributed by atoms with Crippen molar-refractivity contribution < 1.29 is 24.2 Å². The van der Waals surface area contributed by atoms with Gasteiger partial charge in [-0.1, -0.05) is 18.2 Å². The number of aliphatic hydroxyl groups excluding tert-OH is 1. The number of fused-ring (bicyclic) bond motifs is 1. The Labute approximate surface area is 205 Å². The van der Waals surface area contributed by atoms with Crippen LogP contribution in [0, 0.1) is 0 Å². The molecule has 1 fully saturated rings. The number of hydrogen-bond donors (Lipinski definition) is 2. The van der Waals surface area contributed by atoms with Crippen LogP contribution in [-0.4, -0.2) is 85.5 Å². The Hall–Kier alpha value is -4.51. The standard InChI is InChI=1S/C25H24N6O5/c1-36-19-14-27-23(31-8-7-17(15-32)28-31)21-20(19)18(13-26-21)22(33)25(35)30-11-9-29(10-12-30)24(34)16-5-3-2-4-6-16/h2-8,13-14,26,32H,9-12,15H2,1H3. The number of rotatable bonds is 6. The highest BCUT2D eigenvalue weighted by Gasteiger charge is 2.31. The summed E-state index contributed by atoms with van der Waals surface area (Å²) in [6.45, 7) is 0.966. The second-order valence-electron chi connectivity index (χ2n) is 8.29. The van der Waals surface area contributed by atoms with Crippen LogP contribution in [0.3, 0.4) is 0 Å². The summed E-state index contributed by atoms with van der Waals surface area (Å²) in [7, 11) is 1.46. The van der Waals surface area contributed by atoms with Gasteiger partial charge in [0.25, 0.3) is 17.6 Å². The monoisotopic (exact) mass is 488 g/mol. The van der Waals surface area contributed by atoms with Crippen molar-refractivity contribution in [1.82, 2.24) is 29.5 Å². The number of pyridine rings is 1. The molecule has 0 unspecified atom stereocenters. The van der Waals surface area contributed by atoms with Gasteiger partial charge in [0.2, 0.25) is 0 Å².